The lowest BCUT2D eigenvalue weighted by molar-refractivity contribution is 1.45. The van der Waals surface area contributed by atoms with Crippen molar-refractivity contribution in [3.63, 3.8) is 0 Å². The van der Waals surface area contributed by atoms with Gasteiger partial charge in [0, 0.05) is 0 Å². The molecular weight excluding hydrogens is 120 g/mol. The van der Waals surface area contributed by atoms with Crippen molar-refractivity contribution < 1.29 is 0 Å². The predicted octanol–water partition coefficient (Wildman–Crippen LogP) is 2.77. The second-order valence-electron chi connectivity index (χ2n) is 2.19. The Morgan fingerprint density at radius 2 is 2.10 bits per heavy atom. The second kappa shape index (κ2) is 2.55. The van der Waals surface area contributed by atoms with Gasteiger partial charge in [-0.1, -0.05) is 25.3 Å². The zero-order chi connectivity index (χ0) is 7.56. The van der Waals surface area contributed by atoms with Crippen molar-refractivity contribution in [3.8, 4) is 0 Å². The summed E-state index contributed by atoms with van der Waals surface area (Å²) in [5.74, 6) is 0. The van der Waals surface area contributed by atoms with E-state index < -0.39 is 0 Å². The maximum atomic E-state index is 3.70. The summed E-state index contributed by atoms with van der Waals surface area (Å²) in [6.07, 6.45) is 5.59. The van der Waals surface area contributed by atoms with Gasteiger partial charge in [0.2, 0.25) is 0 Å². The molecule has 0 saturated heterocycles. The lowest BCUT2D eigenvalue weighted by Gasteiger charge is -1.96. The van der Waals surface area contributed by atoms with E-state index >= 15 is 0 Å². The highest BCUT2D eigenvalue weighted by Crippen LogP contribution is 2.21. The molecule has 0 aromatic rings. The van der Waals surface area contributed by atoms with E-state index in [9.17, 15) is 0 Å². The van der Waals surface area contributed by atoms with Crippen LogP contribution in [0.4, 0.5) is 0 Å². The fourth-order valence-electron chi connectivity index (χ4n) is 0.998. The normalized spacial score (nSPS) is 15.5. The van der Waals surface area contributed by atoms with Crippen LogP contribution >= 0.6 is 0 Å². The highest BCUT2D eigenvalue weighted by molar-refractivity contribution is 5.54. The summed E-state index contributed by atoms with van der Waals surface area (Å²) < 4.78 is 0. The van der Waals surface area contributed by atoms with Crippen molar-refractivity contribution in [2.75, 3.05) is 0 Å². The Morgan fingerprint density at radius 1 is 1.40 bits per heavy atom. The van der Waals surface area contributed by atoms with Gasteiger partial charge in [-0.2, -0.15) is 0 Å². The molecule has 1 aliphatic rings. The molecule has 0 aromatic heterocycles. The summed E-state index contributed by atoms with van der Waals surface area (Å²) >= 11 is 0. The number of hydrogen-bond acceptors (Lipinski definition) is 0. The van der Waals surface area contributed by atoms with Crippen molar-refractivity contribution in [3.05, 3.63) is 53.8 Å². The Kier molecular flexibility index (Phi) is 1.75. The van der Waals surface area contributed by atoms with Gasteiger partial charge in [-0.05, 0) is 29.7 Å². The molecule has 0 amide bonds. The third kappa shape index (κ3) is 0.896. The molecule has 0 heteroatoms. The van der Waals surface area contributed by atoms with E-state index in [1.165, 1.54) is 0 Å². The van der Waals surface area contributed by atoms with E-state index in [2.05, 4.69) is 18.9 Å². The standard InChI is InChI=1S/C10H10/c1-4-9-7-6-8(3)10(9)5-2/h4-5,7H,1-2H2,3H3. The van der Waals surface area contributed by atoms with E-state index in [1.54, 1.807) is 0 Å². The van der Waals surface area contributed by atoms with Gasteiger partial charge in [0.05, 0.1) is 0 Å². The maximum absolute atomic E-state index is 3.70. The Hall–Kier alpha value is -1.26. The van der Waals surface area contributed by atoms with Crippen LogP contribution in [0, 0.1) is 0 Å². The predicted molar refractivity (Wildman–Crippen MR) is 44.7 cm³/mol. The first-order valence-electron chi connectivity index (χ1n) is 3.22. The van der Waals surface area contributed by atoms with E-state index in [4.69, 9.17) is 0 Å². The molecule has 10 heavy (non-hydrogen) atoms. The zero-order valence-electron chi connectivity index (χ0n) is 6.15. The number of rotatable bonds is 2. The molecule has 1 rings (SSSR count). The number of allylic oxidation sites excluding steroid dienone is 5. The Labute approximate surface area is 61.6 Å². The van der Waals surface area contributed by atoms with Gasteiger partial charge < -0.3 is 0 Å². The molecular formula is C10H10. The van der Waals surface area contributed by atoms with Crippen molar-refractivity contribution >= 4 is 0 Å². The van der Waals surface area contributed by atoms with E-state index in [1.807, 2.05) is 25.2 Å². The summed E-state index contributed by atoms with van der Waals surface area (Å²) in [5.41, 5.74) is 6.51. The largest absolute Gasteiger partial charge is 0.116 e. The number of hydrogen-bond donors (Lipinski definition) is 0. The minimum absolute atomic E-state index is 1.12. The fraction of sp³-hybridized carbons (Fsp3) is 0.100. The first-order valence-corrected chi connectivity index (χ1v) is 3.22. The molecule has 50 valence electrons. The third-order valence-electron chi connectivity index (χ3n) is 1.58. The zero-order valence-corrected chi connectivity index (χ0v) is 6.15. The van der Waals surface area contributed by atoms with Gasteiger partial charge in [-0.25, -0.2) is 0 Å². The Morgan fingerprint density at radius 3 is 2.50 bits per heavy atom. The first kappa shape index (κ1) is 6.85. The molecule has 0 aromatic carbocycles. The topological polar surface area (TPSA) is 0 Å². The third-order valence-corrected chi connectivity index (χ3v) is 1.58. The summed E-state index contributed by atoms with van der Waals surface area (Å²) in [6.45, 7) is 9.41. The molecule has 1 aliphatic carbocycles. The average Bonchev–Trinajstić information content (AvgIpc) is 2.30. The molecule has 0 fully saturated rings. The summed E-state index contributed by atoms with van der Waals surface area (Å²) in [7, 11) is 0. The average molecular weight is 130 g/mol. The van der Waals surface area contributed by atoms with Gasteiger partial charge in [0.25, 0.3) is 0 Å². The van der Waals surface area contributed by atoms with Gasteiger partial charge in [0.15, 0.2) is 0 Å². The summed E-state index contributed by atoms with van der Waals surface area (Å²) in [4.78, 5) is 0. The van der Waals surface area contributed by atoms with Crippen LogP contribution in [0.1, 0.15) is 6.92 Å². The van der Waals surface area contributed by atoms with Crippen LogP contribution in [0.15, 0.2) is 53.8 Å². The van der Waals surface area contributed by atoms with Gasteiger partial charge in [-0.15, -0.1) is 5.73 Å². The fourth-order valence-corrected chi connectivity index (χ4v) is 0.998. The van der Waals surface area contributed by atoms with Crippen LogP contribution in [0.3, 0.4) is 0 Å². The lowest BCUT2D eigenvalue weighted by Crippen LogP contribution is -1.78. The molecule has 0 nitrogen and oxygen atoms in total. The summed E-state index contributed by atoms with van der Waals surface area (Å²) in [6, 6.07) is 0. The molecule has 0 saturated carbocycles. The van der Waals surface area contributed by atoms with E-state index in [-0.39, 0.29) is 0 Å². The molecule has 0 aliphatic heterocycles. The molecule has 0 spiro atoms. The molecule has 0 radical (unpaired) electrons. The Balaban J connectivity index is 3.13. The highest BCUT2D eigenvalue weighted by atomic mass is 14.1. The second-order valence-corrected chi connectivity index (χ2v) is 2.19. The van der Waals surface area contributed by atoms with E-state index in [0.29, 0.717) is 0 Å². The van der Waals surface area contributed by atoms with Crippen molar-refractivity contribution in [2.45, 2.75) is 6.92 Å². The highest BCUT2D eigenvalue weighted by Gasteiger charge is 2.03. The summed E-state index contributed by atoms with van der Waals surface area (Å²) in [5, 5.41) is 0. The molecule has 0 unspecified atom stereocenters. The van der Waals surface area contributed by atoms with Crippen LogP contribution in [0.25, 0.3) is 0 Å². The monoisotopic (exact) mass is 130 g/mol. The first-order chi connectivity index (χ1) is 4.79. The molecule has 0 heterocycles. The molecule has 0 bridgehead atoms. The van der Waals surface area contributed by atoms with Gasteiger partial charge in [-0.3, -0.25) is 0 Å². The van der Waals surface area contributed by atoms with Crippen LogP contribution in [0.5, 0.6) is 0 Å². The van der Waals surface area contributed by atoms with Crippen molar-refractivity contribution in [1.82, 2.24) is 0 Å². The van der Waals surface area contributed by atoms with Crippen LogP contribution in [-0.4, -0.2) is 0 Å². The molecule has 0 atom stereocenters. The quantitative estimate of drug-likeness (QED) is 0.504. The van der Waals surface area contributed by atoms with Crippen LogP contribution in [0.2, 0.25) is 0 Å². The van der Waals surface area contributed by atoms with Crippen molar-refractivity contribution in [2.24, 2.45) is 0 Å². The van der Waals surface area contributed by atoms with Gasteiger partial charge in [0.1, 0.15) is 0 Å². The smallest absolute Gasteiger partial charge is 0.00128 e. The minimum atomic E-state index is 1.12. The minimum Gasteiger partial charge on any atom is -0.116 e. The van der Waals surface area contributed by atoms with Crippen LogP contribution in [-0.2, 0) is 0 Å². The van der Waals surface area contributed by atoms with Crippen molar-refractivity contribution in [1.29, 1.82) is 0 Å². The maximum Gasteiger partial charge on any atom is -0.00128 e. The van der Waals surface area contributed by atoms with Crippen LogP contribution < -0.4 is 0 Å². The van der Waals surface area contributed by atoms with E-state index in [0.717, 1.165) is 16.7 Å². The van der Waals surface area contributed by atoms with Gasteiger partial charge >= 0.3 is 0 Å². The molecule has 0 N–H and O–H groups in total. The SMILES string of the molecule is C=CC1=C(C=C)C(C)=C=C1. The lowest BCUT2D eigenvalue weighted by atomic mass is 10.1. The Bertz CT molecular complexity index is 268.